The zero-order valence-electron chi connectivity index (χ0n) is 9.67. The van der Waals surface area contributed by atoms with Crippen LogP contribution in [-0.4, -0.2) is 8.76 Å². The summed E-state index contributed by atoms with van der Waals surface area (Å²) >= 11 is -2.54. The van der Waals surface area contributed by atoms with Crippen molar-refractivity contribution in [2.75, 3.05) is 5.73 Å². The van der Waals surface area contributed by atoms with Crippen molar-refractivity contribution >= 4 is 27.8 Å². The van der Waals surface area contributed by atoms with E-state index >= 15 is 0 Å². The maximum Gasteiger partial charge on any atom is 1.00 e. The van der Waals surface area contributed by atoms with Crippen LogP contribution in [0.25, 0.3) is 10.8 Å². The van der Waals surface area contributed by atoms with Gasteiger partial charge in [-0.15, -0.1) is 0 Å². The van der Waals surface area contributed by atoms with Gasteiger partial charge < -0.3 is 15.9 Å². The summed E-state index contributed by atoms with van der Waals surface area (Å²) in [5.41, 5.74) is 6.28. The number of nitrogen functional groups attached to an aromatic ring is 1. The molecule has 0 radical (unpaired) electrons. The molecule has 0 aliphatic heterocycles. The Kier molecular flexibility index (Phi) is 5.39. The molecule has 4 nitrogen and oxygen atoms in total. The van der Waals surface area contributed by atoms with Gasteiger partial charge in [0.05, 0.1) is 0 Å². The summed E-state index contributed by atoms with van der Waals surface area (Å²) in [4.78, 5) is 0. The molecule has 2 aromatic carbocycles. The van der Waals surface area contributed by atoms with E-state index in [0.29, 0.717) is 11.4 Å². The Bertz CT molecular complexity index is 538. The zero-order chi connectivity index (χ0) is 10.8. The van der Waals surface area contributed by atoms with Crippen molar-refractivity contribution in [2.24, 2.45) is 0 Å². The van der Waals surface area contributed by atoms with Crippen molar-refractivity contribution in [2.45, 2.75) is 0 Å². The largest absolute Gasteiger partial charge is 1.00 e. The maximum absolute atomic E-state index is 10.3. The molecule has 0 aromatic heterocycles. The van der Waals surface area contributed by atoms with Gasteiger partial charge in [0.15, 0.2) is 0 Å². The van der Waals surface area contributed by atoms with E-state index in [-0.39, 0.29) is 52.8 Å². The first kappa shape index (κ1) is 14.1. The summed E-state index contributed by atoms with van der Waals surface area (Å²) in [6, 6.07) is 10.4. The number of hydrogen-bond donors (Lipinski definition) is 1. The summed E-state index contributed by atoms with van der Waals surface area (Å²) in [5, 5.41) is 1.83. The van der Waals surface area contributed by atoms with Crippen molar-refractivity contribution in [1.82, 2.24) is 0 Å². The van der Waals surface area contributed by atoms with Gasteiger partial charge >= 0.3 is 51.4 Å². The van der Waals surface area contributed by atoms with Crippen molar-refractivity contribution in [1.29, 1.82) is 0 Å². The van der Waals surface area contributed by atoms with Crippen LogP contribution in [-0.2, 0) is 11.4 Å². The molecule has 0 heterocycles. The fourth-order valence-electron chi connectivity index (χ4n) is 1.37. The van der Waals surface area contributed by atoms with Gasteiger partial charge in [0.2, 0.25) is 0 Å². The molecule has 0 amide bonds. The van der Waals surface area contributed by atoms with E-state index in [4.69, 9.17) is 5.73 Å². The minimum absolute atomic E-state index is 0. The standard InChI is InChI=1S/C10H9NO3S.K.H/c11-9-3-1-8-6-10(14-15(12)13)4-2-7(8)5-9;;/h1-6H,11H2,(H,12,13);;/q;+1;-1/p-1. The van der Waals surface area contributed by atoms with Crippen LogP contribution in [0, 0.1) is 0 Å². The third-order valence-corrected chi connectivity index (χ3v) is 2.33. The van der Waals surface area contributed by atoms with E-state index in [2.05, 4.69) is 4.18 Å². The van der Waals surface area contributed by atoms with Gasteiger partial charge in [-0.3, -0.25) is 0 Å². The first-order valence-electron chi connectivity index (χ1n) is 4.22. The number of rotatable bonds is 2. The minimum Gasteiger partial charge on any atom is -1.00 e. The molecule has 2 N–H and O–H groups in total. The Labute approximate surface area is 140 Å². The molecule has 16 heavy (non-hydrogen) atoms. The van der Waals surface area contributed by atoms with Crippen LogP contribution in [0.5, 0.6) is 5.75 Å². The van der Waals surface area contributed by atoms with Gasteiger partial charge in [-0.25, -0.2) is 4.21 Å². The average molecular weight is 262 g/mol. The van der Waals surface area contributed by atoms with Crippen LogP contribution in [0.4, 0.5) is 5.69 Å². The van der Waals surface area contributed by atoms with Crippen LogP contribution in [0.1, 0.15) is 1.43 Å². The minimum atomic E-state index is -2.54. The number of anilines is 1. The van der Waals surface area contributed by atoms with Crippen LogP contribution in [0.3, 0.4) is 0 Å². The second-order valence-electron chi connectivity index (χ2n) is 3.06. The molecule has 0 saturated heterocycles. The summed E-state index contributed by atoms with van der Waals surface area (Å²) in [5.74, 6) is 0.292. The van der Waals surface area contributed by atoms with Gasteiger partial charge in [-0.05, 0) is 35.0 Å². The molecule has 0 aliphatic rings. The van der Waals surface area contributed by atoms with E-state index in [1.165, 1.54) is 0 Å². The van der Waals surface area contributed by atoms with Crippen molar-refractivity contribution < 1.29 is 65.8 Å². The number of fused-ring (bicyclic) bond motifs is 1. The molecular formula is C10H9KNO3S-. The fourth-order valence-corrected chi connectivity index (χ4v) is 1.63. The van der Waals surface area contributed by atoms with E-state index in [1.807, 2.05) is 12.1 Å². The van der Waals surface area contributed by atoms with Crippen molar-refractivity contribution in [3.05, 3.63) is 36.4 Å². The zero-order valence-corrected chi connectivity index (χ0v) is 12.6. The van der Waals surface area contributed by atoms with Gasteiger partial charge in [-0.2, -0.15) is 0 Å². The molecule has 6 heteroatoms. The Hall–Kier alpha value is 0.0464. The maximum atomic E-state index is 10.3. The second-order valence-corrected chi connectivity index (χ2v) is 3.63. The van der Waals surface area contributed by atoms with E-state index in [1.54, 1.807) is 24.3 Å². The van der Waals surface area contributed by atoms with Crippen LogP contribution in [0.15, 0.2) is 36.4 Å². The molecule has 2 rings (SSSR count). The molecule has 1 atom stereocenters. The SMILES string of the molecule is Nc1ccc2cc(OS(=O)[O-])ccc2c1.[H-].[K+]. The van der Waals surface area contributed by atoms with Gasteiger partial charge in [0.25, 0.3) is 0 Å². The van der Waals surface area contributed by atoms with Crippen molar-refractivity contribution in [3.8, 4) is 5.75 Å². The number of nitrogens with two attached hydrogens (primary N) is 1. The van der Waals surface area contributed by atoms with Gasteiger partial charge in [0.1, 0.15) is 17.1 Å². The third kappa shape index (κ3) is 3.52. The number of hydrogen-bond acceptors (Lipinski definition) is 4. The van der Waals surface area contributed by atoms with Gasteiger partial charge in [-0.1, -0.05) is 12.1 Å². The predicted molar refractivity (Wildman–Crippen MR) is 59.0 cm³/mol. The fraction of sp³-hybridized carbons (Fsp3) is 0. The molecule has 80 valence electrons. The molecule has 0 saturated carbocycles. The van der Waals surface area contributed by atoms with E-state index < -0.39 is 11.4 Å². The average Bonchev–Trinajstić information content (AvgIpc) is 2.17. The predicted octanol–water partition coefficient (Wildman–Crippen LogP) is -1.29. The molecule has 2 aromatic rings. The first-order chi connectivity index (χ1) is 7.15. The van der Waals surface area contributed by atoms with Crippen LogP contribution >= 0.6 is 0 Å². The van der Waals surface area contributed by atoms with Gasteiger partial charge in [0, 0.05) is 5.69 Å². The van der Waals surface area contributed by atoms with E-state index in [0.717, 1.165) is 10.8 Å². The van der Waals surface area contributed by atoms with E-state index in [9.17, 15) is 8.76 Å². The topological polar surface area (TPSA) is 75.4 Å². The summed E-state index contributed by atoms with van der Waals surface area (Å²) in [6.45, 7) is 0. The quantitative estimate of drug-likeness (QED) is 0.415. The molecule has 0 spiro atoms. The Morgan fingerprint density at radius 1 is 1.19 bits per heavy atom. The smallest absolute Gasteiger partial charge is 1.00 e. The second kappa shape index (κ2) is 6.11. The summed E-state index contributed by atoms with van der Waals surface area (Å²) in [7, 11) is 0. The molecule has 0 bridgehead atoms. The third-order valence-electron chi connectivity index (χ3n) is 2.00. The van der Waals surface area contributed by atoms with Crippen LogP contribution in [0.2, 0.25) is 0 Å². The Balaban J connectivity index is 0.00000128. The monoisotopic (exact) mass is 262 g/mol. The molecular weight excluding hydrogens is 253 g/mol. The first-order valence-corrected chi connectivity index (χ1v) is 5.22. The Morgan fingerprint density at radius 3 is 2.50 bits per heavy atom. The summed E-state index contributed by atoms with van der Waals surface area (Å²) < 4.78 is 25.2. The van der Waals surface area contributed by atoms with Crippen LogP contribution < -0.4 is 61.3 Å². The normalized spacial score (nSPS) is 11.8. The number of benzene rings is 2. The Morgan fingerprint density at radius 2 is 1.81 bits per heavy atom. The summed E-state index contributed by atoms with van der Waals surface area (Å²) in [6.07, 6.45) is 0. The molecule has 1 unspecified atom stereocenters. The molecule has 0 fully saturated rings. The molecule has 0 aliphatic carbocycles. The van der Waals surface area contributed by atoms with Crippen molar-refractivity contribution in [3.63, 3.8) is 0 Å².